The Morgan fingerprint density at radius 2 is 2.20 bits per heavy atom. The number of hydrogen-bond acceptors (Lipinski definition) is 3. The van der Waals surface area contributed by atoms with Crippen molar-refractivity contribution in [3.63, 3.8) is 0 Å². The highest BCUT2D eigenvalue weighted by Crippen LogP contribution is 2.22. The Kier molecular flexibility index (Phi) is 2.49. The summed E-state index contributed by atoms with van der Waals surface area (Å²) in [5.41, 5.74) is 2.99. The van der Waals surface area contributed by atoms with Gasteiger partial charge in [-0.25, -0.2) is 0 Å². The Balaban J connectivity index is 2.49. The lowest BCUT2D eigenvalue weighted by Gasteiger charge is -2.20. The van der Waals surface area contributed by atoms with E-state index in [1.807, 2.05) is 4.68 Å². The maximum absolute atomic E-state index is 9.15. The molecule has 1 aromatic rings. The van der Waals surface area contributed by atoms with Crippen molar-refractivity contribution >= 4 is 0 Å². The Morgan fingerprint density at radius 3 is 2.80 bits per heavy atom. The zero-order valence-corrected chi connectivity index (χ0v) is 9.49. The minimum Gasteiger partial charge on any atom is -0.300 e. The van der Waals surface area contributed by atoms with Crippen molar-refractivity contribution in [2.45, 2.75) is 32.9 Å². The molecule has 80 valence electrons. The maximum Gasteiger partial charge on any atom is 0.142 e. The van der Waals surface area contributed by atoms with E-state index in [4.69, 9.17) is 5.26 Å². The quantitative estimate of drug-likeness (QED) is 0.693. The van der Waals surface area contributed by atoms with Gasteiger partial charge in [-0.15, -0.1) is 0 Å². The number of hydrogen-bond donors (Lipinski definition) is 0. The molecule has 1 aromatic heterocycles. The molecule has 0 saturated heterocycles. The van der Waals surface area contributed by atoms with Crippen LogP contribution >= 0.6 is 0 Å². The SMILES string of the molecule is CC(C)n1nc2c(c1C#N)CCN(C)C2. The summed E-state index contributed by atoms with van der Waals surface area (Å²) in [4.78, 5) is 2.24. The molecule has 0 aromatic carbocycles. The molecule has 2 heterocycles. The molecule has 1 aliphatic heterocycles. The molecule has 4 nitrogen and oxygen atoms in total. The average Bonchev–Trinajstić information content (AvgIpc) is 2.55. The summed E-state index contributed by atoms with van der Waals surface area (Å²) in [5, 5.41) is 13.7. The molecular weight excluding hydrogens is 188 g/mol. The van der Waals surface area contributed by atoms with Crippen LogP contribution in [-0.4, -0.2) is 28.3 Å². The number of nitrogens with zero attached hydrogens (tertiary/aromatic N) is 4. The van der Waals surface area contributed by atoms with E-state index < -0.39 is 0 Å². The zero-order valence-electron chi connectivity index (χ0n) is 9.49. The lowest BCUT2D eigenvalue weighted by molar-refractivity contribution is 0.307. The highest BCUT2D eigenvalue weighted by molar-refractivity contribution is 5.37. The highest BCUT2D eigenvalue weighted by Gasteiger charge is 2.23. The number of fused-ring (bicyclic) bond motifs is 1. The van der Waals surface area contributed by atoms with Gasteiger partial charge in [0.1, 0.15) is 11.8 Å². The Bertz CT molecular complexity index is 411. The molecule has 0 spiro atoms. The molecule has 0 bridgehead atoms. The Labute approximate surface area is 90.1 Å². The van der Waals surface area contributed by atoms with Crippen molar-refractivity contribution in [2.24, 2.45) is 0 Å². The second-order valence-electron chi connectivity index (χ2n) is 4.41. The molecule has 0 unspecified atom stereocenters. The Morgan fingerprint density at radius 1 is 1.47 bits per heavy atom. The fourth-order valence-corrected chi connectivity index (χ4v) is 2.03. The largest absolute Gasteiger partial charge is 0.300 e. The third kappa shape index (κ3) is 1.64. The number of nitriles is 1. The van der Waals surface area contributed by atoms with Gasteiger partial charge in [0, 0.05) is 24.7 Å². The summed E-state index contributed by atoms with van der Waals surface area (Å²) in [5.74, 6) is 0. The lowest BCUT2D eigenvalue weighted by atomic mass is 10.1. The van der Waals surface area contributed by atoms with E-state index in [-0.39, 0.29) is 6.04 Å². The predicted octanol–water partition coefficient (Wildman–Crippen LogP) is 1.32. The predicted molar refractivity (Wildman–Crippen MR) is 57.4 cm³/mol. The van der Waals surface area contributed by atoms with Crippen LogP contribution in [0.3, 0.4) is 0 Å². The first kappa shape index (κ1) is 10.2. The molecule has 0 N–H and O–H groups in total. The van der Waals surface area contributed by atoms with Crippen LogP contribution in [0, 0.1) is 11.3 Å². The van der Waals surface area contributed by atoms with Gasteiger partial charge in [-0.05, 0) is 27.3 Å². The zero-order chi connectivity index (χ0) is 11.0. The van der Waals surface area contributed by atoms with Crippen LogP contribution in [0.15, 0.2) is 0 Å². The second kappa shape index (κ2) is 3.67. The van der Waals surface area contributed by atoms with Crippen LogP contribution in [0.25, 0.3) is 0 Å². The van der Waals surface area contributed by atoms with E-state index in [0.717, 1.165) is 36.5 Å². The van der Waals surface area contributed by atoms with Gasteiger partial charge in [-0.3, -0.25) is 4.68 Å². The maximum atomic E-state index is 9.15. The molecule has 0 radical (unpaired) electrons. The van der Waals surface area contributed by atoms with E-state index in [0.29, 0.717) is 0 Å². The van der Waals surface area contributed by atoms with Crippen LogP contribution < -0.4 is 0 Å². The van der Waals surface area contributed by atoms with Gasteiger partial charge in [0.2, 0.25) is 0 Å². The number of likely N-dealkylation sites (N-methyl/N-ethyl adjacent to an activating group) is 1. The van der Waals surface area contributed by atoms with Crippen LogP contribution in [0.4, 0.5) is 0 Å². The van der Waals surface area contributed by atoms with Gasteiger partial charge in [-0.2, -0.15) is 10.4 Å². The van der Waals surface area contributed by atoms with Crippen molar-refractivity contribution in [3.05, 3.63) is 17.0 Å². The first-order chi connectivity index (χ1) is 7.13. The van der Waals surface area contributed by atoms with Gasteiger partial charge in [-0.1, -0.05) is 0 Å². The van der Waals surface area contributed by atoms with Crippen molar-refractivity contribution in [1.29, 1.82) is 5.26 Å². The van der Waals surface area contributed by atoms with Gasteiger partial charge < -0.3 is 4.90 Å². The molecule has 2 rings (SSSR count). The van der Waals surface area contributed by atoms with Crippen molar-refractivity contribution in [3.8, 4) is 6.07 Å². The Hall–Kier alpha value is -1.34. The fraction of sp³-hybridized carbons (Fsp3) is 0.636. The minimum atomic E-state index is 0.260. The smallest absolute Gasteiger partial charge is 0.142 e. The third-order valence-corrected chi connectivity index (χ3v) is 2.85. The topological polar surface area (TPSA) is 44.9 Å². The van der Waals surface area contributed by atoms with Gasteiger partial charge in [0.15, 0.2) is 0 Å². The summed E-state index contributed by atoms with van der Waals surface area (Å²) in [6, 6.07) is 2.54. The average molecular weight is 204 g/mol. The number of aromatic nitrogens is 2. The number of rotatable bonds is 1. The molecule has 1 aliphatic rings. The summed E-state index contributed by atoms with van der Waals surface area (Å²) in [6.07, 6.45) is 0.946. The van der Waals surface area contributed by atoms with Gasteiger partial charge in [0.25, 0.3) is 0 Å². The molecule has 0 saturated carbocycles. The van der Waals surface area contributed by atoms with Crippen molar-refractivity contribution in [2.75, 3.05) is 13.6 Å². The van der Waals surface area contributed by atoms with Crippen LogP contribution in [0.1, 0.15) is 36.8 Å². The van der Waals surface area contributed by atoms with E-state index >= 15 is 0 Å². The van der Waals surface area contributed by atoms with Gasteiger partial charge >= 0.3 is 0 Å². The van der Waals surface area contributed by atoms with Crippen molar-refractivity contribution < 1.29 is 0 Å². The molecular formula is C11H16N4. The first-order valence-corrected chi connectivity index (χ1v) is 5.32. The summed E-state index contributed by atoms with van der Waals surface area (Å²) in [7, 11) is 2.09. The fourth-order valence-electron chi connectivity index (χ4n) is 2.03. The van der Waals surface area contributed by atoms with E-state index in [1.54, 1.807) is 0 Å². The first-order valence-electron chi connectivity index (χ1n) is 5.32. The van der Waals surface area contributed by atoms with E-state index in [9.17, 15) is 0 Å². The summed E-state index contributed by atoms with van der Waals surface area (Å²) >= 11 is 0. The monoisotopic (exact) mass is 204 g/mol. The molecule has 15 heavy (non-hydrogen) atoms. The second-order valence-corrected chi connectivity index (χ2v) is 4.41. The van der Waals surface area contributed by atoms with E-state index in [2.05, 4.69) is 37.0 Å². The van der Waals surface area contributed by atoms with Crippen LogP contribution in [0.5, 0.6) is 0 Å². The molecule has 0 fully saturated rings. The van der Waals surface area contributed by atoms with Crippen LogP contribution in [-0.2, 0) is 13.0 Å². The molecule has 0 amide bonds. The normalized spacial score (nSPS) is 16.5. The lowest BCUT2D eigenvalue weighted by Crippen LogP contribution is -2.26. The highest BCUT2D eigenvalue weighted by atomic mass is 15.3. The van der Waals surface area contributed by atoms with Crippen LogP contribution in [0.2, 0.25) is 0 Å². The van der Waals surface area contributed by atoms with Crippen molar-refractivity contribution in [1.82, 2.24) is 14.7 Å². The molecule has 4 heteroatoms. The molecule has 0 atom stereocenters. The van der Waals surface area contributed by atoms with E-state index in [1.165, 1.54) is 0 Å². The third-order valence-electron chi connectivity index (χ3n) is 2.85. The standard InChI is InChI=1S/C11H16N4/c1-8(2)15-11(6-12)9-4-5-14(3)7-10(9)13-15/h8H,4-5,7H2,1-3H3. The summed E-state index contributed by atoms with van der Waals surface area (Å²) in [6.45, 7) is 6.00. The van der Waals surface area contributed by atoms with Gasteiger partial charge in [0.05, 0.1) is 5.69 Å². The summed E-state index contributed by atoms with van der Waals surface area (Å²) < 4.78 is 1.85. The molecule has 0 aliphatic carbocycles. The minimum absolute atomic E-state index is 0.260.